The molecule has 3 N–H and O–H groups in total. The maximum atomic E-state index is 12.9. The molecule has 0 aromatic heterocycles. The van der Waals surface area contributed by atoms with Crippen LogP contribution in [0.3, 0.4) is 0 Å². The minimum absolute atomic E-state index is 0.146. The number of phenols is 1. The first kappa shape index (κ1) is 24.8. The van der Waals surface area contributed by atoms with E-state index < -0.39 is 11.9 Å². The third kappa shape index (κ3) is 6.58. The number of carbonyl (C=O) groups is 2. The minimum atomic E-state index is -0.866. The van der Waals surface area contributed by atoms with Crippen molar-refractivity contribution in [1.29, 1.82) is 5.26 Å². The van der Waals surface area contributed by atoms with Crippen molar-refractivity contribution in [3.8, 4) is 11.8 Å². The van der Waals surface area contributed by atoms with Crippen molar-refractivity contribution >= 4 is 40.1 Å². The summed E-state index contributed by atoms with van der Waals surface area (Å²) in [4.78, 5) is 27.8. The van der Waals surface area contributed by atoms with Crippen molar-refractivity contribution < 1.29 is 19.4 Å². The molecule has 3 rings (SSSR count). The number of benzene rings is 2. The summed E-state index contributed by atoms with van der Waals surface area (Å²) in [6.45, 7) is 4.76. The van der Waals surface area contributed by atoms with Crippen LogP contribution in [0.1, 0.15) is 28.4 Å². The molecule has 0 bridgehead atoms. The number of hydrogen-bond acceptors (Lipinski definition) is 6. The number of aryl methyl sites for hydroxylation is 1. The van der Waals surface area contributed by atoms with Gasteiger partial charge in [-0.2, -0.15) is 5.26 Å². The molecule has 1 fully saturated rings. The van der Waals surface area contributed by atoms with E-state index in [1.54, 1.807) is 18.2 Å². The Balaban J connectivity index is 1.75. The van der Waals surface area contributed by atoms with E-state index in [2.05, 4.69) is 15.5 Å². The first-order valence-corrected chi connectivity index (χ1v) is 11.9. The number of nitrogens with one attached hydrogen (secondary N) is 2. The van der Waals surface area contributed by atoms with Gasteiger partial charge in [-0.25, -0.2) is 0 Å². The fraction of sp³-hybridized carbons (Fsp3) is 0.375. The molecule has 0 saturated carbocycles. The molecular weight excluding hydrogens is 535 g/mol. The smallest absolute Gasteiger partial charge is 0.251 e. The predicted molar refractivity (Wildman–Crippen MR) is 133 cm³/mol. The van der Waals surface area contributed by atoms with Crippen LogP contribution in [-0.4, -0.2) is 55.8 Å². The van der Waals surface area contributed by atoms with E-state index in [1.807, 2.05) is 53.8 Å². The van der Waals surface area contributed by atoms with Crippen LogP contribution < -0.4 is 15.5 Å². The summed E-state index contributed by atoms with van der Waals surface area (Å²) in [7, 11) is 0. The highest BCUT2D eigenvalue weighted by atomic mass is 127. The fourth-order valence-corrected chi connectivity index (χ4v) is 4.43. The largest absolute Gasteiger partial charge is 0.507 e. The Morgan fingerprint density at radius 1 is 1.24 bits per heavy atom. The molecule has 8 nitrogen and oxygen atoms in total. The van der Waals surface area contributed by atoms with Crippen LogP contribution in [0, 0.1) is 14.9 Å². The summed E-state index contributed by atoms with van der Waals surface area (Å²) in [6.07, 6.45) is 0.876. The van der Waals surface area contributed by atoms with Gasteiger partial charge in [0.2, 0.25) is 5.91 Å². The highest BCUT2D eigenvalue weighted by molar-refractivity contribution is 14.1. The Morgan fingerprint density at radius 2 is 1.94 bits per heavy atom. The second-order valence-corrected chi connectivity index (χ2v) is 8.85. The van der Waals surface area contributed by atoms with Gasteiger partial charge in [0, 0.05) is 30.8 Å². The molecule has 2 aromatic rings. The second kappa shape index (κ2) is 11.9. The number of nitriles is 1. The molecule has 1 atom stereocenters. The Morgan fingerprint density at radius 3 is 2.58 bits per heavy atom. The molecular formula is C24H27IN4O4. The van der Waals surface area contributed by atoms with E-state index in [-0.39, 0.29) is 24.6 Å². The van der Waals surface area contributed by atoms with Gasteiger partial charge >= 0.3 is 0 Å². The number of morpholine rings is 1. The van der Waals surface area contributed by atoms with Crippen LogP contribution in [0.4, 0.5) is 5.69 Å². The van der Waals surface area contributed by atoms with Crippen LogP contribution in [-0.2, 0) is 22.4 Å². The van der Waals surface area contributed by atoms with Gasteiger partial charge in [0.1, 0.15) is 18.3 Å². The van der Waals surface area contributed by atoms with Gasteiger partial charge in [0.05, 0.1) is 22.9 Å². The topological polar surface area (TPSA) is 115 Å². The van der Waals surface area contributed by atoms with Crippen molar-refractivity contribution in [2.24, 2.45) is 0 Å². The van der Waals surface area contributed by atoms with E-state index in [1.165, 1.54) is 0 Å². The molecule has 1 saturated heterocycles. The monoisotopic (exact) mass is 562 g/mol. The fourth-order valence-electron chi connectivity index (χ4n) is 3.69. The number of nitrogens with zero attached hydrogens (tertiary/aromatic N) is 2. The second-order valence-electron chi connectivity index (χ2n) is 7.69. The number of carbonyl (C=O) groups excluding carboxylic acids is 2. The molecule has 1 aliphatic heterocycles. The highest BCUT2D eigenvalue weighted by Gasteiger charge is 2.23. The van der Waals surface area contributed by atoms with Gasteiger partial charge in [-0.3, -0.25) is 9.59 Å². The zero-order valence-corrected chi connectivity index (χ0v) is 20.6. The molecule has 0 radical (unpaired) electrons. The standard InChI is InChI=1S/C24H27IN4O4/c1-2-17-13-16(14-20(25)22(17)30)15-21(24(32)27-8-7-26)28-23(31)18-3-5-19(6-4-18)29-9-11-33-12-10-29/h3-6,13-14,21,30H,2,8-12,15H2,1H3,(H,27,32)(H,28,31)/t21-/m0/s1. The van der Waals surface area contributed by atoms with Crippen LogP contribution in [0.25, 0.3) is 0 Å². The Labute approximate surface area is 207 Å². The summed E-state index contributed by atoms with van der Waals surface area (Å²) >= 11 is 2.05. The Hall–Kier alpha value is -2.84. The van der Waals surface area contributed by atoms with E-state index in [0.29, 0.717) is 28.8 Å². The lowest BCUT2D eigenvalue weighted by Gasteiger charge is -2.28. The summed E-state index contributed by atoms with van der Waals surface area (Å²) in [5.74, 6) is -0.572. The SMILES string of the molecule is CCc1cc(C[C@H](NC(=O)c2ccc(N3CCOCC3)cc2)C(=O)NCC#N)cc(I)c1O. The lowest BCUT2D eigenvalue weighted by Crippen LogP contribution is -2.48. The summed E-state index contributed by atoms with van der Waals surface area (Å²) < 4.78 is 6.06. The molecule has 1 heterocycles. The third-order valence-corrected chi connectivity index (χ3v) is 6.31. The number of aromatic hydroxyl groups is 1. The molecule has 9 heteroatoms. The van der Waals surface area contributed by atoms with Crippen molar-refractivity contribution in [3.05, 3.63) is 56.7 Å². The van der Waals surface area contributed by atoms with Gasteiger partial charge in [0.25, 0.3) is 5.91 Å². The number of rotatable bonds is 8. The zero-order valence-electron chi connectivity index (χ0n) is 18.4. The molecule has 0 unspecified atom stereocenters. The third-order valence-electron chi connectivity index (χ3n) is 5.49. The van der Waals surface area contributed by atoms with Gasteiger partial charge < -0.3 is 25.4 Å². The Bertz CT molecular complexity index is 1030. The van der Waals surface area contributed by atoms with Crippen molar-refractivity contribution in [2.45, 2.75) is 25.8 Å². The maximum Gasteiger partial charge on any atom is 0.251 e. The number of anilines is 1. The maximum absolute atomic E-state index is 12.9. The first-order chi connectivity index (χ1) is 15.9. The molecule has 33 heavy (non-hydrogen) atoms. The average molecular weight is 562 g/mol. The van der Waals surface area contributed by atoms with E-state index in [4.69, 9.17) is 10.00 Å². The molecule has 0 aliphatic carbocycles. The van der Waals surface area contributed by atoms with Crippen molar-refractivity contribution in [2.75, 3.05) is 37.7 Å². The van der Waals surface area contributed by atoms with Crippen LogP contribution >= 0.6 is 22.6 Å². The predicted octanol–water partition coefficient (Wildman–Crippen LogP) is 2.38. The van der Waals surface area contributed by atoms with E-state index in [9.17, 15) is 14.7 Å². The summed E-state index contributed by atoms with van der Waals surface area (Å²) in [5, 5.41) is 24.3. The molecule has 174 valence electrons. The first-order valence-electron chi connectivity index (χ1n) is 10.8. The van der Waals surface area contributed by atoms with E-state index in [0.717, 1.165) is 29.9 Å². The number of hydrogen-bond donors (Lipinski definition) is 3. The number of amides is 2. The zero-order chi connectivity index (χ0) is 23.8. The van der Waals surface area contributed by atoms with Gasteiger partial charge in [-0.1, -0.05) is 13.0 Å². The minimum Gasteiger partial charge on any atom is -0.507 e. The van der Waals surface area contributed by atoms with E-state index >= 15 is 0 Å². The van der Waals surface area contributed by atoms with Crippen LogP contribution in [0.15, 0.2) is 36.4 Å². The molecule has 0 spiro atoms. The van der Waals surface area contributed by atoms with Crippen molar-refractivity contribution in [1.82, 2.24) is 10.6 Å². The van der Waals surface area contributed by atoms with Crippen LogP contribution in [0.5, 0.6) is 5.75 Å². The van der Waals surface area contributed by atoms with Gasteiger partial charge in [-0.05, 0) is 70.5 Å². The normalized spacial score (nSPS) is 14.3. The number of phenolic OH excluding ortho intramolecular Hbond substituents is 1. The van der Waals surface area contributed by atoms with Gasteiger partial charge in [-0.15, -0.1) is 0 Å². The highest BCUT2D eigenvalue weighted by Crippen LogP contribution is 2.27. The lowest BCUT2D eigenvalue weighted by molar-refractivity contribution is -0.122. The summed E-state index contributed by atoms with van der Waals surface area (Å²) in [6, 6.07) is 11.9. The van der Waals surface area contributed by atoms with Gasteiger partial charge in [0.15, 0.2) is 0 Å². The number of halogens is 1. The number of ether oxygens (including phenoxy) is 1. The lowest BCUT2D eigenvalue weighted by atomic mass is 10.0. The Kier molecular flexibility index (Phi) is 8.91. The van der Waals surface area contributed by atoms with Crippen LogP contribution in [0.2, 0.25) is 0 Å². The molecule has 2 aromatic carbocycles. The quantitative estimate of drug-likeness (QED) is 0.337. The van der Waals surface area contributed by atoms with Crippen molar-refractivity contribution in [3.63, 3.8) is 0 Å². The molecule has 1 aliphatic rings. The summed E-state index contributed by atoms with van der Waals surface area (Å²) in [5.41, 5.74) is 3.05. The average Bonchev–Trinajstić information content (AvgIpc) is 2.84. The molecule has 2 amide bonds.